The van der Waals surface area contributed by atoms with Gasteiger partial charge in [-0.05, 0) is 12.1 Å². The molecule has 0 saturated carbocycles. The summed E-state index contributed by atoms with van der Waals surface area (Å²) >= 11 is 0.581. The lowest BCUT2D eigenvalue weighted by Gasteiger charge is -2.21. The van der Waals surface area contributed by atoms with Gasteiger partial charge in [-0.3, -0.25) is 14.9 Å². The molecule has 0 amide bonds. The molecule has 0 radical (unpaired) electrons. The van der Waals surface area contributed by atoms with Crippen LogP contribution in [0.5, 0.6) is 5.75 Å². The van der Waals surface area contributed by atoms with E-state index in [4.69, 9.17) is 4.74 Å². The van der Waals surface area contributed by atoms with Crippen molar-refractivity contribution < 1.29 is 37.2 Å². The monoisotopic (exact) mass is 439 g/mol. The average Bonchev–Trinajstić information content (AvgIpc) is 2.73. The number of esters is 1. The van der Waals surface area contributed by atoms with Crippen LogP contribution in [0.25, 0.3) is 0 Å². The molecule has 1 aliphatic heterocycles. The summed E-state index contributed by atoms with van der Waals surface area (Å²) in [5.74, 6) is -3.94. The Hall–Kier alpha value is -3.34. The van der Waals surface area contributed by atoms with Crippen molar-refractivity contribution in [2.45, 2.75) is 6.18 Å². The molecule has 11 heteroatoms. The molecule has 1 aliphatic rings. The minimum atomic E-state index is -4.92. The van der Waals surface area contributed by atoms with Gasteiger partial charge in [-0.2, -0.15) is 13.2 Å². The number of alkyl halides is 3. The Balaban J connectivity index is 1.93. The van der Waals surface area contributed by atoms with Crippen molar-refractivity contribution in [3.8, 4) is 5.75 Å². The molecule has 0 aromatic heterocycles. The number of carbonyl (C=O) groups is 2. The predicted molar refractivity (Wildman–Crippen MR) is 100 cm³/mol. The molecule has 0 unspecified atom stereocenters. The summed E-state index contributed by atoms with van der Waals surface area (Å²) < 4.78 is 48.6. The van der Waals surface area contributed by atoms with Crippen molar-refractivity contribution >= 4 is 29.2 Å². The van der Waals surface area contributed by atoms with Gasteiger partial charge in [-0.1, -0.05) is 30.3 Å². The maximum Gasteiger partial charge on any atom is 0.450 e. The summed E-state index contributed by atoms with van der Waals surface area (Å²) in [7, 11) is 0. The SMILES string of the molecule is O=C(Oc1ccc(C(=O)c2ccccc2)cc1[N+](=O)[O-])C1=C(C(F)(F)F)OCCS1. The third kappa shape index (κ3) is 4.62. The van der Waals surface area contributed by atoms with Gasteiger partial charge in [0, 0.05) is 22.9 Å². The number of rotatable bonds is 5. The van der Waals surface area contributed by atoms with Crippen LogP contribution in [-0.4, -0.2) is 35.2 Å². The molecule has 0 atom stereocenters. The van der Waals surface area contributed by atoms with Crippen LogP contribution < -0.4 is 4.74 Å². The number of halogens is 3. The third-order valence-corrected chi connectivity index (χ3v) is 4.89. The number of benzene rings is 2. The Morgan fingerprint density at radius 2 is 1.80 bits per heavy atom. The van der Waals surface area contributed by atoms with Crippen molar-refractivity contribution in [1.29, 1.82) is 0 Å². The minimum Gasteiger partial charge on any atom is -0.487 e. The number of hydrogen-bond donors (Lipinski definition) is 0. The van der Waals surface area contributed by atoms with Gasteiger partial charge in [0.25, 0.3) is 0 Å². The molecule has 1 heterocycles. The van der Waals surface area contributed by atoms with E-state index in [1.54, 1.807) is 18.2 Å². The molecule has 0 aliphatic carbocycles. The highest BCUT2D eigenvalue weighted by Gasteiger charge is 2.43. The van der Waals surface area contributed by atoms with Crippen molar-refractivity contribution in [2.24, 2.45) is 0 Å². The number of ether oxygens (including phenoxy) is 2. The fourth-order valence-electron chi connectivity index (χ4n) is 2.57. The molecule has 30 heavy (non-hydrogen) atoms. The van der Waals surface area contributed by atoms with Gasteiger partial charge in [0.1, 0.15) is 4.91 Å². The fourth-order valence-corrected chi connectivity index (χ4v) is 3.41. The second-order valence-electron chi connectivity index (χ2n) is 5.88. The lowest BCUT2D eigenvalue weighted by molar-refractivity contribution is -0.385. The zero-order valence-electron chi connectivity index (χ0n) is 15.0. The molecule has 156 valence electrons. The Morgan fingerprint density at radius 3 is 2.43 bits per heavy atom. The molecule has 0 spiro atoms. The first-order valence-electron chi connectivity index (χ1n) is 8.36. The normalized spacial score (nSPS) is 14.1. The molecule has 3 rings (SSSR count). The van der Waals surface area contributed by atoms with Gasteiger partial charge in [0.15, 0.2) is 5.78 Å². The Morgan fingerprint density at radius 1 is 1.10 bits per heavy atom. The quantitative estimate of drug-likeness (QED) is 0.226. The van der Waals surface area contributed by atoms with E-state index in [9.17, 15) is 32.9 Å². The zero-order valence-corrected chi connectivity index (χ0v) is 15.8. The molecule has 7 nitrogen and oxygen atoms in total. The summed E-state index contributed by atoms with van der Waals surface area (Å²) in [4.78, 5) is 34.4. The summed E-state index contributed by atoms with van der Waals surface area (Å²) in [6.45, 7) is -0.243. The second-order valence-corrected chi connectivity index (χ2v) is 6.98. The summed E-state index contributed by atoms with van der Waals surface area (Å²) in [5.41, 5.74) is -0.494. The minimum absolute atomic E-state index is 0.0433. The number of carbonyl (C=O) groups excluding carboxylic acids is 2. The van der Waals surface area contributed by atoms with Gasteiger partial charge in [0.2, 0.25) is 11.5 Å². The molecule has 0 saturated heterocycles. The largest absolute Gasteiger partial charge is 0.487 e. The first-order valence-corrected chi connectivity index (χ1v) is 9.34. The van der Waals surface area contributed by atoms with Crippen LogP contribution in [0.3, 0.4) is 0 Å². The van der Waals surface area contributed by atoms with E-state index in [0.717, 1.165) is 12.1 Å². The number of nitrogens with zero attached hydrogens (tertiary/aromatic N) is 1. The zero-order chi connectivity index (χ0) is 21.9. The molecule has 0 fully saturated rings. The molecular weight excluding hydrogens is 427 g/mol. The van der Waals surface area contributed by atoms with E-state index in [-0.39, 0.29) is 23.5 Å². The van der Waals surface area contributed by atoms with Crippen LogP contribution in [0.2, 0.25) is 0 Å². The van der Waals surface area contributed by atoms with Crippen molar-refractivity contribution in [3.05, 3.63) is 80.4 Å². The predicted octanol–water partition coefficient (Wildman–Crippen LogP) is 4.27. The number of allylic oxidation sites excluding steroid dienone is 1. The molecule has 2 aromatic carbocycles. The molecular formula is C19H12F3NO6S. The number of hydrogen-bond acceptors (Lipinski definition) is 7. The second kappa shape index (κ2) is 8.57. The first-order chi connectivity index (χ1) is 14.2. The number of ketones is 1. The summed E-state index contributed by atoms with van der Waals surface area (Å²) in [6, 6.07) is 11.1. The Labute approximate surface area is 171 Å². The maximum atomic E-state index is 13.1. The molecule has 2 aromatic rings. The highest BCUT2D eigenvalue weighted by molar-refractivity contribution is 8.04. The third-order valence-electron chi connectivity index (χ3n) is 3.88. The highest BCUT2D eigenvalue weighted by atomic mass is 32.2. The van der Waals surface area contributed by atoms with Crippen molar-refractivity contribution in [2.75, 3.05) is 12.4 Å². The van der Waals surface area contributed by atoms with Crippen LogP contribution >= 0.6 is 11.8 Å². The summed E-state index contributed by atoms with van der Waals surface area (Å²) in [5, 5.41) is 11.4. The highest BCUT2D eigenvalue weighted by Crippen LogP contribution is 2.38. The lowest BCUT2D eigenvalue weighted by atomic mass is 10.0. The van der Waals surface area contributed by atoms with Gasteiger partial charge in [-0.25, -0.2) is 4.79 Å². The van der Waals surface area contributed by atoms with E-state index in [1.165, 1.54) is 18.2 Å². The maximum absolute atomic E-state index is 13.1. The van der Waals surface area contributed by atoms with Crippen molar-refractivity contribution in [1.82, 2.24) is 0 Å². The number of thioether (sulfide) groups is 1. The number of nitro groups is 1. The van der Waals surface area contributed by atoms with Crippen LogP contribution in [0.4, 0.5) is 18.9 Å². The molecule has 0 N–H and O–H groups in total. The molecule has 0 bridgehead atoms. The van der Waals surface area contributed by atoms with Crippen LogP contribution in [0.1, 0.15) is 15.9 Å². The Kier molecular flexibility index (Phi) is 6.11. The first kappa shape index (κ1) is 21.4. The smallest absolute Gasteiger partial charge is 0.450 e. The van der Waals surface area contributed by atoms with Gasteiger partial charge in [-0.15, -0.1) is 11.8 Å². The topological polar surface area (TPSA) is 95.7 Å². The van der Waals surface area contributed by atoms with E-state index in [0.29, 0.717) is 11.8 Å². The Bertz CT molecular complexity index is 1040. The van der Waals surface area contributed by atoms with Crippen LogP contribution in [0.15, 0.2) is 59.2 Å². The van der Waals surface area contributed by atoms with Gasteiger partial charge >= 0.3 is 17.8 Å². The van der Waals surface area contributed by atoms with Crippen molar-refractivity contribution in [3.63, 3.8) is 0 Å². The van der Waals surface area contributed by atoms with E-state index in [1.807, 2.05) is 0 Å². The summed E-state index contributed by atoms with van der Waals surface area (Å²) in [6.07, 6.45) is -4.92. The van der Waals surface area contributed by atoms with Crippen LogP contribution in [-0.2, 0) is 9.53 Å². The van der Waals surface area contributed by atoms with Gasteiger partial charge < -0.3 is 9.47 Å². The standard InChI is InChI=1S/C19H12F3NO6S/c20-19(21,22)17-16(30-9-8-28-17)18(25)29-14-7-6-12(10-13(14)23(26)27)15(24)11-4-2-1-3-5-11/h1-7,10H,8-9H2. The number of nitro benzene ring substituents is 1. The van der Waals surface area contributed by atoms with E-state index < -0.39 is 45.0 Å². The lowest BCUT2D eigenvalue weighted by Crippen LogP contribution is -2.25. The fraction of sp³-hybridized carbons (Fsp3) is 0.158. The average molecular weight is 439 g/mol. The van der Waals surface area contributed by atoms with E-state index >= 15 is 0 Å². The van der Waals surface area contributed by atoms with Gasteiger partial charge in [0.05, 0.1) is 11.5 Å². The van der Waals surface area contributed by atoms with E-state index in [2.05, 4.69) is 4.74 Å². The van der Waals surface area contributed by atoms with Crippen LogP contribution in [0, 0.1) is 10.1 Å².